The molecular formula is C15H12Cl2FNO. The second kappa shape index (κ2) is 5.90. The zero-order valence-electron chi connectivity index (χ0n) is 11.0. The minimum atomic E-state index is -0.491. The summed E-state index contributed by atoms with van der Waals surface area (Å²) in [5, 5.41) is 0.302. The number of rotatable bonds is 3. The van der Waals surface area contributed by atoms with Crippen LogP contribution >= 0.6 is 23.2 Å². The molecule has 0 saturated heterocycles. The second-order valence-electron chi connectivity index (χ2n) is 4.57. The molecule has 0 fully saturated rings. The summed E-state index contributed by atoms with van der Waals surface area (Å²) in [6.45, 7) is 3.32. The summed E-state index contributed by atoms with van der Waals surface area (Å²) in [7, 11) is 0. The van der Waals surface area contributed by atoms with Crippen LogP contribution in [0.15, 0.2) is 30.3 Å². The number of ketones is 1. The van der Waals surface area contributed by atoms with Crippen LogP contribution in [0.25, 0.3) is 11.3 Å². The molecule has 0 aliphatic heterocycles. The van der Waals surface area contributed by atoms with E-state index in [9.17, 15) is 9.18 Å². The van der Waals surface area contributed by atoms with Crippen molar-refractivity contribution >= 4 is 29.0 Å². The van der Waals surface area contributed by atoms with Gasteiger partial charge >= 0.3 is 0 Å². The fourth-order valence-corrected chi connectivity index (χ4v) is 2.20. The number of nitrogens with zero attached hydrogens (tertiary/aromatic N) is 1. The highest BCUT2D eigenvalue weighted by Crippen LogP contribution is 2.28. The van der Waals surface area contributed by atoms with Crippen molar-refractivity contribution in [1.82, 2.24) is 4.98 Å². The second-order valence-corrected chi connectivity index (χ2v) is 5.36. The highest BCUT2D eigenvalue weighted by atomic mass is 35.5. The lowest BCUT2D eigenvalue weighted by Gasteiger charge is -2.11. The Balaban J connectivity index is 2.51. The highest BCUT2D eigenvalue weighted by molar-refractivity contribution is 6.31. The monoisotopic (exact) mass is 311 g/mol. The molecule has 0 amide bonds. The van der Waals surface area contributed by atoms with Gasteiger partial charge in [-0.25, -0.2) is 9.37 Å². The lowest BCUT2D eigenvalue weighted by molar-refractivity contribution is -0.118. The minimum Gasteiger partial charge on any atom is -0.299 e. The Morgan fingerprint density at radius 2 is 1.95 bits per heavy atom. The van der Waals surface area contributed by atoms with E-state index in [1.807, 2.05) is 0 Å². The van der Waals surface area contributed by atoms with Crippen molar-refractivity contribution < 1.29 is 9.18 Å². The Hall–Kier alpha value is -1.45. The van der Waals surface area contributed by atoms with E-state index in [-0.39, 0.29) is 21.9 Å². The lowest BCUT2D eigenvalue weighted by atomic mass is 9.97. The van der Waals surface area contributed by atoms with Gasteiger partial charge < -0.3 is 0 Å². The Morgan fingerprint density at radius 1 is 1.25 bits per heavy atom. The van der Waals surface area contributed by atoms with Crippen LogP contribution in [-0.4, -0.2) is 10.8 Å². The smallest absolute Gasteiger partial charge is 0.141 e. The molecule has 1 unspecified atom stereocenters. The van der Waals surface area contributed by atoms with E-state index >= 15 is 0 Å². The number of carbonyl (C=O) groups excluding carboxylic acids is 1. The Bertz CT molecular complexity index is 673. The molecule has 1 atom stereocenters. The SMILES string of the molecule is CC(=O)C(C)c1cc(Cl)nc(-c2ccc(F)c(Cl)c2)c1. The van der Waals surface area contributed by atoms with Gasteiger partial charge in [0.1, 0.15) is 16.8 Å². The molecule has 20 heavy (non-hydrogen) atoms. The fraction of sp³-hybridized carbons (Fsp3) is 0.200. The van der Waals surface area contributed by atoms with Gasteiger partial charge in [0.25, 0.3) is 0 Å². The molecule has 0 aliphatic carbocycles. The molecule has 5 heteroatoms. The van der Waals surface area contributed by atoms with Crippen LogP contribution in [0.3, 0.4) is 0 Å². The highest BCUT2D eigenvalue weighted by Gasteiger charge is 2.14. The molecule has 0 spiro atoms. The van der Waals surface area contributed by atoms with E-state index in [1.54, 1.807) is 25.1 Å². The van der Waals surface area contributed by atoms with E-state index in [0.717, 1.165) is 5.56 Å². The van der Waals surface area contributed by atoms with Crippen LogP contribution in [0.5, 0.6) is 0 Å². The molecule has 2 rings (SSSR count). The van der Waals surface area contributed by atoms with Crippen LogP contribution in [0.2, 0.25) is 10.2 Å². The maximum atomic E-state index is 13.2. The minimum absolute atomic E-state index is 0.0189. The molecule has 1 aromatic carbocycles. The quantitative estimate of drug-likeness (QED) is 0.756. The van der Waals surface area contributed by atoms with Crippen molar-refractivity contribution in [3.8, 4) is 11.3 Å². The van der Waals surface area contributed by atoms with Crippen molar-refractivity contribution in [3.05, 3.63) is 51.9 Å². The molecule has 104 valence electrons. The summed E-state index contributed by atoms with van der Waals surface area (Å²) in [5.74, 6) is -0.727. The number of hydrogen-bond acceptors (Lipinski definition) is 2. The Labute approximate surface area is 126 Å². The summed E-state index contributed by atoms with van der Waals surface area (Å²) >= 11 is 11.8. The predicted octanol–water partition coefficient (Wildman–Crippen LogP) is 4.89. The van der Waals surface area contributed by atoms with Crippen molar-refractivity contribution in [2.24, 2.45) is 0 Å². The van der Waals surface area contributed by atoms with Crippen LogP contribution in [0, 0.1) is 5.82 Å². The molecule has 0 saturated carbocycles. The first-order valence-corrected chi connectivity index (χ1v) is 6.77. The van der Waals surface area contributed by atoms with Crippen molar-refractivity contribution in [3.63, 3.8) is 0 Å². The van der Waals surface area contributed by atoms with Crippen LogP contribution in [-0.2, 0) is 4.79 Å². The third-order valence-corrected chi connectivity index (χ3v) is 3.62. The van der Waals surface area contributed by atoms with Gasteiger partial charge in [0, 0.05) is 11.5 Å². The number of carbonyl (C=O) groups is 1. The summed E-state index contributed by atoms with van der Waals surface area (Å²) in [6, 6.07) is 7.75. The lowest BCUT2D eigenvalue weighted by Crippen LogP contribution is -2.05. The summed E-state index contributed by atoms with van der Waals surface area (Å²) < 4.78 is 13.2. The molecule has 2 nitrogen and oxygen atoms in total. The van der Waals surface area contributed by atoms with Crippen LogP contribution in [0.4, 0.5) is 4.39 Å². The third-order valence-electron chi connectivity index (χ3n) is 3.14. The average molecular weight is 312 g/mol. The standard InChI is InChI=1S/C15H12Cl2FNO/c1-8(9(2)20)11-6-14(19-15(17)7-11)10-3-4-13(18)12(16)5-10/h3-8H,1-2H3. The number of halogens is 3. The third kappa shape index (κ3) is 3.17. The first-order chi connectivity index (χ1) is 9.38. The zero-order valence-corrected chi connectivity index (χ0v) is 12.5. The normalized spacial score (nSPS) is 12.2. The first-order valence-electron chi connectivity index (χ1n) is 6.02. The molecule has 2 aromatic rings. The summed E-state index contributed by atoms with van der Waals surface area (Å²) in [4.78, 5) is 15.7. The van der Waals surface area contributed by atoms with Crippen LogP contribution in [0.1, 0.15) is 25.3 Å². The van der Waals surface area contributed by atoms with Gasteiger partial charge in [0.05, 0.1) is 10.7 Å². The number of hydrogen-bond donors (Lipinski definition) is 0. The van der Waals surface area contributed by atoms with Crippen molar-refractivity contribution in [2.45, 2.75) is 19.8 Å². The van der Waals surface area contributed by atoms with E-state index in [4.69, 9.17) is 23.2 Å². The van der Waals surface area contributed by atoms with Gasteiger partial charge in [-0.3, -0.25) is 4.79 Å². The molecule has 1 aromatic heterocycles. The summed E-state index contributed by atoms with van der Waals surface area (Å²) in [6.07, 6.45) is 0. The van der Waals surface area contributed by atoms with Gasteiger partial charge in [0.2, 0.25) is 0 Å². The number of Topliss-reactive ketones (excluding diaryl/α,β-unsaturated/α-hetero) is 1. The van der Waals surface area contributed by atoms with Crippen molar-refractivity contribution in [2.75, 3.05) is 0 Å². The van der Waals surface area contributed by atoms with Gasteiger partial charge in [-0.2, -0.15) is 0 Å². The molecule has 1 heterocycles. The molecule has 0 aliphatic rings. The van der Waals surface area contributed by atoms with Gasteiger partial charge in [-0.05, 0) is 42.8 Å². The van der Waals surface area contributed by atoms with E-state index < -0.39 is 5.82 Å². The Kier molecular flexibility index (Phi) is 4.41. The average Bonchev–Trinajstić information content (AvgIpc) is 2.40. The fourth-order valence-electron chi connectivity index (χ4n) is 1.80. The van der Waals surface area contributed by atoms with E-state index in [0.29, 0.717) is 11.3 Å². The molecular weight excluding hydrogens is 300 g/mol. The number of pyridine rings is 1. The van der Waals surface area contributed by atoms with E-state index in [1.165, 1.54) is 19.1 Å². The van der Waals surface area contributed by atoms with Gasteiger partial charge in [0.15, 0.2) is 0 Å². The zero-order chi connectivity index (χ0) is 14.9. The summed E-state index contributed by atoms with van der Waals surface area (Å²) in [5.41, 5.74) is 1.98. The molecule has 0 radical (unpaired) electrons. The van der Waals surface area contributed by atoms with Gasteiger partial charge in [-0.15, -0.1) is 0 Å². The van der Waals surface area contributed by atoms with Crippen molar-refractivity contribution in [1.29, 1.82) is 0 Å². The molecule has 0 N–H and O–H groups in total. The number of aromatic nitrogens is 1. The first kappa shape index (κ1) is 14.9. The predicted molar refractivity (Wildman–Crippen MR) is 78.7 cm³/mol. The largest absolute Gasteiger partial charge is 0.299 e. The van der Waals surface area contributed by atoms with Gasteiger partial charge in [-0.1, -0.05) is 30.1 Å². The topological polar surface area (TPSA) is 30.0 Å². The Morgan fingerprint density at radius 3 is 2.55 bits per heavy atom. The van der Waals surface area contributed by atoms with Crippen LogP contribution < -0.4 is 0 Å². The maximum Gasteiger partial charge on any atom is 0.141 e. The number of benzene rings is 1. The molecule has 0 bridgehead atoms. The van der Waals surface area contributed by atoms with E-state index in [2.05, 4.69) is 4.98 Å². The maximum absolute atomic E-state index is 13.2.